The molecule has 2 rings (SSSR count). The van der Waals surface area contributed by atoms with E-state index in [1.54, 1.807) is 12.1 Å². The van der Waals surface area contributed by atoms with E-state index in [0.29, 0.717) is 0 Å². The second-order valence-corrected chi connectivity index (χ2v) is 5.82. The minimum atomic E-state index is -0.520. The Labute approximate surface area is 123 Å². The Bertz CT molecular complexity index is 485. The number of hydrogen-bond donors (Lipinski definition) is 1. The summed E-state index contributed by atoms with van der Waals surface area (Å²) in [5.74, 6) is 0.191. The van der Waals surface area contributed by atoms with E-state index < -0.39 is 10.5 Å². The molecule has 1 saturated carbocycles. The highest BCUT2D eigenvalue weighted by Gasteiger charge is 2.29. The van der Waals surface area contributed by atoms with Crippen molar-refractivity contribution in [2.45, 2.75) is 44.1 Å². The summed E-state index contributed by atoms with van der Waals surface area (Å²) in [7, 11) is 0. The highest BCUT2D eigenvalue weighted by atomic mass is 35.5. The summed E-state index contributed by atoms with van der Waals surface area (Å²) < 4.78 is 5.63. The van der Waals surface area contributed by atoms with Crippen molar-refractivity contribution in [2.24, 2.45) is 5.73 Å². The summed E-state index contributed by atoms with van der Waals surface area (Å²) in [4.78, 5) is 10.5. The lowest BCUT2D eigenvalue weighted by Crippen LogP contribution is -2.45. The highest BCUT2D eigenvalue weighted by Crippen LogP contribution is 2.35. The molecule has 1 fully saturated rings. The van der Waals surface area contributed by atoms with Gasteiger partial charge in [-0.05, 0) is 25.0 Å². The molecule has 1 aromatic rings. The van der Waals surface area contributed by atoms with Crippen LogP contribution in [0.5, 0.6) is 5.75 Å². The number of hydrogen-bond acceptors (Lipinski definition) is 4. The van der Waals surface area contributed by atoms with Crippen molar-refractivity contribution < 1.29 is 9.66 Å². The topological polar surface area (TPSA) is 78.4 Å². The number of para-hydroxylation sites is 1. The van der Waals surface area contributed by atoms with E-state index in [1.807, 2.05) is 0 Å². The maximum atomic E-state index is 11.0. The summed E-state index contributed by atoms with van der Waals surface area (Å²) in [5.41, 5.74) is 5.76. The molecule has 20 heavy (non-hydrogen) atoms. The summed E-state index contributed by atoms with van der Waals surface area (Å²) in [5, 5.41) is 11.1. The van der Waals surface area contributed by atoms with Gasteiger partial charge in [-0.2, -0.15) is 0 Å². The Balaban J connectivity index is 2.10. The van der Waals surface area contributed by atoms with Gasteiger partial charge < -0.3 is 10.5 Å². The molecule has 5 nitrogen and oxygen atoms in total. The number of ether oxygens (including phenoxy) is 1. The van der Waals surface area contributed by atoms with Crippen LogP contribution in [0.1, 0.15) is 38.5 Å². The van der Waals surface area contributed by atoms with Crippen LogP contribution in [-0.2, 0) is 0 Å². The van der Waals surface area contributed by atoms with E-state index in [1.165, 1.54) is 18.9 Å². The number of nitro benzene ring substituents is 1. The molecule has 0 aliphatic heterocycles. The fourth-order valence-corrected chi connectivity index (χ4v) is 2.82. The van der Waals surface area contributed by atoms with Gasteiger partial charge in [-0.25, -0.2) is 0 Å². The lowest BCUT2D eigenvalue weighted by atomic mass is 9.92. The van der Waals surface area contributed by atoms with Crippen molar-refractivity contribution in [1.29, 1.82) is 0 Å². The second-order valence-electron chi connectivity index (χ2n) is 5.41. The summed E-state index contributed by atoms with van der Waals surface area (Å²) >= 11 is 5.85. The van der Waals surface area contributed by atoms with Gasteiger partial charge in [-0.15, -0.1) is 0 Å². The fourth-order valence-electron chi connectivity index (χ4n) is 2.59. The smallest absolute Gasteiger partial charge is 0.329 e. The Morgan fingerprint density at radius 1 is 1.30 bits per heavy atom. The molecule has 0 bridgehead atoms. The Morgan fingerprint density at radius 2 is 1.95 bits per heavy atom. The van der Waals surface area contributed by atoms with E-state index in [0.717, 1.165) is 25.7 Å². The highest BCUT2D eigenvalue weighted by molar-refractivity contribution is 6.32. The molecule has 1 aliphatic carbocycles. The number of halogens is 1. The molecule has 0 spiro atoms. The van der Waals surface area contributed by atoms with Crippen LogP contribution >= 0.6 is 11.6 Å². The zero-order valence-electron chi connectivity index (χ0n) is 11.3. The van der Waals surface area contributed by atoms with Gasteiger partial charge in [-0.3, -0.25) is 10.1 Å². The molecule has 0 heterocycles. The van der Waals surface area contributed by atoms with Crippen molar-refractivity contribution in [3.63, 3.8) is 0 Å². The zero-order chi connectivity index (χ0) is 14.6. The van der Waals surface area contributed by atoms with E-state index in [9.17, 15) is 10.1 Å². The van der Waals surface area contributed by atoms with Gasteiger partial charge in [-0.1, -0.05) is 43.4 Å². The molecule has 1 aliphatic rings. The molecule has 1 aromatic carbocycles. The maximum Gasteiger partial charge on any atom is 0.329 e. The summed E-state index contributed by atoms with van der Waals surface area (Å²) in [6, 6.07) is 4.68. The molecule has 0 aromatic heterocycles. The Kier molecular flexibility index (Phi) is 4.83. The number of rotatable bonds is 4. The molecule has 0 unspecified atom stereocenters. The van der Waals surface area contributed by atoms with Crippen molar-refractivity contribution in [2.75, 3.05) is 6.61 Å². The SMILES string of the molecule is NC1(COc2cccc(Cl)c2[N+](=O)[O-])CCCCCC1. The molecule has 6 heteroatoms. The van der Waals surface area contributed by atoms with E-state index in [2.05, 4.69) is 0 Å². The third kappa shape index (κ3) is 3.61. The number of benzene rings is 1. The van der Waals surface area contributed by atoms with Crippen LogP contribution in [0.15, 0.2) is 18.2 Å². The predicted molar refractivity (Wildman–Crippen MR) is 78.2 cm³/mol. The molecule has 0 saturated heterocycles. The number of nitrogens with two attached hydrogens (primary N) is 1. The predicted octanol–water partition coefficient (Wildman–Crippen LogP) is 3.68. The molecule has 0 atom stereocenters. The van der Waals surface area contributed by atoms with Crippen molar-refractivity contribution in [3.05, 3.63) is 33.3 Å². The van der Waals surface area contributed by atoms with Crippen LogP contribution in [0.25, 0.3) is 0 Å². The quantitative estimate of drug-likeness (QED) is 0.522. The summed E-state index contributed by atoms with van der Waals surface area (Å²) in [6.45, 7) is 0.286. The van der Waals surface area contributed by atoms with Crippen molar-refractivity contribution in [1.82, 2.24) is 0 Å². The van der Waals surface area contributed by atoms with Crippen molar-refractivity contribution >= 4 is 17.3 Å². The zero-order valence-corrected chi connectivity index (χ0v) is 12.1. The third-order valence-electron chi connectivity index (χ3n) is 3.75. The van der Waals surface area contributed by atoms with E-state index in [-0.39, 0.29) is 23.1 Å². The van der Waals surface area contributed by atoms with Gasteiger partial charge in [0.05, 0.1) is 10.5 Å². The van der Waals surface area contributed by atoms with E-state index in [4.69, 9.17) is 22.1 Å². The van der Waals surface area contributed by atoms with Gasteiger partial charge in [0.25, 0.3) is 0 Å². The third-order valence-corrected chi connectivity index (χ3v) is 4.05. The standard InChI is InChI=1S/C14H19ClN2O3/c15-11-6-5-7-12(13(11)17(18)19)20-10-14(16)8-3-1-2-4-9-14/h5-7H,1-4,8-10,16H2. The first-order chi connectivity index (χ1) is 9.52. The number of nitrogens with zero attached hydrogens (tertiary/aromatic N) is 1. The first-order valence-corrected chi connectivity index (χ1v) is 7.24. The largest absolute Gasteiger partial charge is 0.485 e. The molecular formula is C14H19ClN2O3. The van der Waals surface area contributed by atoms with Gasteiger partial charge in [0.15, 0.2) is 5.75 Å². The Hall–Kier alpha value is -1.33. The van der Waals surface area contributed by atoms with Crippen LogP contribution in [0.3, 0.4) is 0 Å². The average Bonchev–Trinajstić information content (AvgIpc) is 2.61. The number of nitro groups is 1. The lowest BCUT2D eigenvalue weighted by Gasteiger charge is -2.27. The molecule has 0 radical (unpaired) electrons. The normalized spacial score (nSPS) is 18.3. The minimum Gasteiger partial charge on any atom is -0.485 e. The lowest BCUT2D eigenvalue weighted by molar-refractivity contribution is -0.385. The van der Waals surface area contributed by atoms with Gasteiger partial charge in [0, 0.05) is 0 Å². The first kappa shape index (κ1) is 15.1. The monoisotopic (exact) mass is 298 g/mol. The van der Waals surface area contributed by atoms with Crippen LogP contribution < -0.4 is 10.5 Å². The molecular weight excluding hydrogens is 280 g/mol. The van der Waals surface area contributed by atoms with Crippen LogP contribution in [0.2, 0.25) is 5.02 Å². The Morgan fingerprint density at radius 3 is 2.55 bits per heavy atom. The van der Waals surface area contributed by atoms with Crippen LogP contribution in [0, 0.1) is 10.1 Å². The van der Waals surface area contributed by atoms with Gasteiger partial charge in [0.1, 0.15) is 11.6 Å². The van der Waals surface area contributed by atoms with Crippen LogP contribution in [0.4, 0.5) is 5.69 Å². The first-order valence-electron chi connectivity index (χ1n) is 6.86. The average molecular weight is 299 g/mol. The van der Waals surface area contributed by atoms with Gasteiger partial charge in [0.2, 0.25) is 0 Å². The molecule has 110 valence electrons. The van der Waals surface area contributed by atoms with Gasteiger partial charge >= 0.3 is 5.69 Å². The van der Waals surface area contributed by atoms with Crippen LogP contribution in [-0.4, -0.2) is 17.1 Å². The molecule has 0 amide bonds. The summed E-state index contributed by atoms with van der Waals surface area (Å²) in [6.07, 6.45) is 6.32. The fraction of sp³-hybridized carbons (Fsp3) is 0.571. The van der Waals surface area contributed by atoms with Crippen molar-refractivity contribution in [3.8, 4) is 5.75 Å². The maximum absolute atomic E-state index is 11.0. The van der Waals surface area contributed by atoms with E-state index >= 15 is 0 Å². The molecule has 2 N–H and O–H groups in total. The minimum absolute atomic E-state index is 0.0828. The second kappa shape index (κ2) is 6.41.